The summed E-state index contributed by atoms with van der Waals surface area (Å²) in [6, 6.07) is 0.0684. The molecule has 2 rings (SSSR count). The van der Waals surface area contributed by atoms with Crippen LogP contribution in [0, 0.1) is 5.92 Å². The van der Waals surface area contributed by atoms with Crippen LogP contribution in [0.4, 0.5) is 4.79 Å². The summed E-state index contributed by atoms with van der Waals surface area (Å²) in [4.78, 5) is 23.9. The van der Waals surface area contributed by atoms with E-state index in [-0.39, 0.29) is 18.1 Å². The van der Waals surface area contributed by atoms with Crippen molar-refractivity contribution in [3.8, 4) is 0 Å². The highest BCUT2D eigenvalue weighted by atomic mass is 16.6. The van der Waals surface area contributed by atoms with Crippen molar-refractivity contribution in [2.24, 2.45) is 5.92 Å². The Hall–Kier alpha value is -1.26. The largest absolute Gasteiger partial charge is 0.481 e. The number of amides is 1. The number of carbonyl (C=O) groups excluding carboxylic acids is 1. The van der Waals surface area contributed by atoms with Crippen molar-refractivity contribution in [3.63, 3.8) is 0 Å². The van der Waals surface area contributed by atoms with Crippen LogP contribution in [0.1, 0.15) is 25.7 Å². The van der Waals surface area contributed by atoms with E-state index in [1.165, 1.54) is 0 Å². The maximum Gasteiger partial charge on any atom is 0.410 e. The second-order valence-electron chi connectivity index (χ2n) is 4.16. The number of hydrogen-bond acceptors (Lipinski definition) is 3. The second kappa shape index (κ2) is 4.08. The Morgan fingerprint density at radius 3 is 2.87 bits per heavy atom. The zero-order valence-electron chi connectivity index (χ0n) is 8.52. The molecule has 0 aromatic carbocycles. The lowest BCUT2D eigenvalue weighted by atomic mass is 10.1. The van der Waals surface area contributed by atoms with Gasteiger partial charge in [0.15, 0.2) is 0 Å². The van der Waals surface area contributed by atoms with Crippen LogP contribution in [0.2, 0.25) is 0 Å². The number of rotatable bonds is 2. The normalized spacial score (nSPS) is 31.5. The Labute approximate surface area is 88.0 Å². The molecule has 0 aromatic heterocycles. The maximum absolute atomic E-state index is 11.4. The van der Waals surface area contributed by atoms with Gasteiger partial charge in [-0.15, -0.1) is 0 Å². The van der Waals surface area contributed by atoms with Crippen LogP contribution in [0.25, 0.3) is 0 Å². The molecule has 1 saturated carbocycles. The SMILES string of the molecule is O=C(O)[C@@H]1CC[C@H](N2CCCOC2=O)C1. The van der Waals surface area contributed by atoms with Crippen LogP contribution in [0.15, 0.2) is 0 Å². The van der Waals surface area contributed by atoms with Crippen molar-refractivity contribution in [1.82, 2.24) is 4.90 Å². The van der Waals surface area contributed by atoms with E-state index in [9.17, 15) is 9.59 Å². The van der Waals surface area contributed by atoms with Crippen molar-refractivity contribution < 1.29 is 19.4 Å². The van der Waals surface area contributed by atoms with Gasteiger partial charge in [0.25, 0.3) is 0 Å². The van der Waals surface area contributed by atoms with E-state index in [0.29, 0.717) is 26.0 Å². The average molecular weight is 213 g/mol. The molecule has 1 heterocycles. The third kappa shape index (κ3) is 2.06. The fraction of sp³-hybridized carbons (Fsp3) is 0.800. The van der Waals surface area contributed by atoms with E-state index >= 15 is 0 Å². The lowest BCUT2D eigenvalue weighted by molar-refractivity contribution is -0.141. The van der Waals surface area contributed by atoms with Crippen LogP contribution < -0.4 is 0 Å². The molecular formula is C10H15NO4. The predicted molar refractivity (Wildman–Crippen MR) is 51.4 cm³/mol. The fourth-order valence-electron chi connectivity index (χ4n) is 2.37. The molecule has 15 heavy (non-hydrogen) atoms. The molecule has 1 N–H and O–H groups in total. The first-order valence-electron chi connectivity index (χ1n) is 5.34. The van der Waals surface area contributed by atoms with Gasteiger partial charge in [0, 0.05) is 12.6 Å². The van der Waals surface area contributed by atoms with Crippen molar-refractivity contribution >= 4 is 12.1 Å². The first-order chi connectivity index (χ1) is 7.18. The summed E-state index contributed by atoms with van der Waals surface area (Å²) >= 11 is 0. The van der Waals surface area contributed by atoms with Gasteiger partial charge < -0.3 is 14.7 Å². The minimum absolute atomic E-state index is 0.0684. The average Bonchev–Trinajstić information content (AvgIpc) is 2.67. The lowest BCUT2D eigenvalue weighted by Gasteiger charge is -2.31. The third-order valence-corrected chi connectivity index (χ3v) is 3.20. The summed E-state index contributed by atoms with van der Waals surface area (Å²) in [6.45, 7) is 1.19. The summed E-state index contributed by atoms with van der Waals surface area (Å²) in [5, 5.41) is 8.86. The molecule has 84 valence electrons. The number of cyclic esters (lactones) is 1. The number of hydrogen-bond donors (Lipinski definition) is 1. The van der Waals surface area contributed by atoms with Gasteiger partial charge in [-0.2, -0.15) is 0 Å². The van der Waals surface area contributed by atoms with Crippen LogP contribution in [0.5, 0.6) is 0 Å². The topological polar surface area (TPSA) is 66.8 Å². The highest BCUT2D eigenvalue weighted by Crippen LogP contribution is 2.30. The summed E-state index contributed by atoms with van der Waals surface area (Å²) < 4.78 is 4.94. The summed E-state index contributed by atoms with van der Waals surface area (Å²) in [5.41, 5.74) is 0. The first kappa shape index (κ1) is 10.3. The van der Waals surface area contributed by atoms with Gasteiger partial charge in [-0.1, -0.05) is 0 Å². The molecule has 2 atom stereocenters. The molecule has 1 aliphatic heterocycles. The van der Waals surface area contributed by atoms with Crippen molar-refractivity contribution in [2.75, 3.05) is 13.2 Å². The Morgan fingerprint density at radius 1 is 1.47 bits per heavy atom. The molecule has 1 amide bonds. The third-order valence-electron chi connectivity index (χ3n) is 3.20. The zero-order valence-corrected chi connectivity index (χ0v) is 8.52. The molecule has 0 unspecified atom stereocenters. The van der Waals surface area contributed by atoms with Gasteiger partial charge in [0.1, 0.15) is 0 Å². The molecular weight excluding hydrogens is 198 g/mol. The Bertz CT molecular complexity index is 279. The number of carboxylic acid groups (broad SMARTS) is 1. The molecule has 2 fully saturated rings. The van der Waals surface area contributed by atoms with Crippen LogP contribution in [0.3, 0.4) is 0 Å². The van der Waals surface area contributed by atoms with E-state index in [1.54, 1.807) is 4.90 Å². The number of carbonyl (C=O) groups is 2. The number of carboxylic acids is 1. The molecule has 2 aliphatic rings. The highest BCUT2D eigenvalue weighted by Gasteiger charge is 2.36. The maximum atomic E-state index is 11.4. The minimum atomic E-state index is -0.747. The molecule has 0 spiro atoms. The van der Waals surface area contributed by atoms with Crippen molar-refractivity contribution in [1.29, 1.82) is 0 Å². The van der Waals surface area contributed by atoms with Crippen LogP contribution >= 0.6 is 0 Å². The molecule has 0 aromatic rings. The molecule has 0 bridgehead atoms. The van der Waals surface area contributed by atoms with Crippen molar-refractivity contribution in [2.45, 2.75) is 31.7 Å². The van der Waals surface area contributed by atoms with Crippen molar-refractivity contribution in [3.05, 3.63) is 0 Å². The quantitative estimate of drug-likeness (QED) is 0.745. The number of aliphatic carboxylic acids is 1. The summed E-state index contributed by atoms with van der Waals surface area (Å²) in [6.07, 6.45) is 2.59. The van der Waals surface area contributed by atoms with Crippen LogP contribution in [-0.4, -0.2) is 41.3 Å². The molecule has 1 aliphatic carbocycles. The van der Waals surface area contributed by atoms with E-state index in [1.807, 2.05) is 0 Å². The Kier molecular flexibility index (Phi) is 2.79. The first-order valence-corrected chi connectivity index (χ1v) is 5.34. The van der Waals surface area contributed by atoms with Crippen LogP contribution in [-0.2, 0) is 9.53 Å². The van der Waals surface area contributed by atoms with E-state index in [0.717, 1.165) is 12.8 Å². The van der Waals surface area contributed by atoms with Gasteiger partial charge in [0.2, 0.25) is 0 Å². The smallest absolute Gasteiger partial charge is 0.410 e. The van der Waals surface area contributed by atoms with Gasteiger partial charge in [-0.25, -0.2) is 4.79 Å². The number of ether oxygens (including phenoxy) is 1. The molecule has 1 saturated heterocycles. The monoisotopic (exact) mass is 213 g/mol. The fourth-order valence-corrected chi connectivity index (χ4v) is 2.37. The summed E-state index contributed by atoms with van der Waals surface area (Å²) in [7, 11) is 0. The van der Waals surface area contributed by atoms with E-state index in [4.69, 9.17) is 9.84 Å². The van der Waals surface area contributed by atoms with Gasteiger partial charge >= 0.3 is 12.1 Å². The van der Waals surface area contributed by atoms with Gasteiger partial charge in [0.05, 0.1) is 12.5 Å². The van der Waals surface area contributed by atoms with E-state index in [2.05, 4.69) is 0 Å². The Balaban J connectivity index is 1.94. The molecule has 0 radical (unpaired) electrons. The zero-order chi connectivity index (χ0) is 10.8. The predicted octanol–water partition coefficient (Wildman–Crippen LogP) is 1.08. The highest BCUT2D eigenvalue weighted by molar-refractivity contribution is 5.71. The number of nitrogens with zero attached hydrogens (tertiary/aromatic N) is 1. The Morgan fingerprint density at radius 2 is 2.27 bits per heavy atom. The standard InChI is InChI=1S/C10H15NO4/c12-9(13)7-2-3-8(6-7)11-4-1-5-15-10(11)14/h7-8H,1-6H2,(H,12,13)/t7-,8+/m1/s1. The van der Waals surface area contributed by atoms with Gasteiger partial charge in [-0.3, -0.25) is 4.79 Å². The van der Waals surface area contributed by atoms with Gasteiger partial charge in [-0.05, 0) is 25.7 Å². The lowest BCUT2D eigenvalue weighted by Crippen LogP contribution is -2.43. The summed E-state index contributed by atoms with van der Waals surface area (Å²) in [5.74, 6) is -1.03. The molecule has 5 nitrogen and oxygen atoms in total. The molecule has 5 heteroatoms. The minimum Gasteiger partial charge on any atom is -0.481 e. The second-order valence-corrected chi connectivity index (χ2v) is 4.16. The van der Waals surface area contributed by atoms with E-state index < -0.39 is 5.97 Å².